The van der Waals surface area contributed by atoms with Crippen molar-refractivity contribution in [3.63, 3.8) is 0 Å². The van der Waals surface area contributed by atoms with Gasteiger partial charge < -0.3 is 0 Å². The van der Waals surface area contributed by atoms with E-state index < -0.39 is 19.4 Å². The number of hydrogen-bond donors (Lipinski definition) is 1. The summed E-state index contributed by atoms with van der Waals surface area (Å²) in [6, 6.07) is 13.6. The Hall–Kier alpha value is -0.986. The predicted molar refractivity (Wildman–Crippen MR) is 134 cm³/mol. The van der Waals surface area contributed by atoms with E-state index in [9.17, 15) is 0 Å². The quantitative estimate of drug-likeness (QED) is 0.425. The van der Waals surface area contributed by atoms with Gasteiger partial charge in [0, 0.05) is 0 Å². The number of benzene rings is 2. The number of nitrogens with one attached hydrogen (secondary N) is 1. The third-order valence-electron chi connectivity index (χ3n) is 6.20. The standard InChI is InChI=1S/C17H21.C9H12N.2ClH.Ti/c1-11(2)15-8-6-7-9-16(15)17-10-12(3)13(4)14(17)5;1-6-4-7(2)9(10)8(3)5-6;;;/h6-9H,10H2,1-5H3;4-5,10H,1-3H3;2*1H;/q;-1;;;+1. The SMILES string of the molecule is CC1=C(C)C(C)=C(c2ccccc2[C](C)(C)[Ti][NH]c2c(C)cc(C)cc2C)C1.Cl.Cl. The Kier molecular flexibility index (Phi) is 9.51. The van der Waals surface area contributed by atoms with Gasteiger partial charge >= 0.3 is 181 Å². The first-order valence-electron chi connectivity index (χ1n) is 10.2. The number of rotatable bonds is 5. The molecule has 1 aliphatic carbocycles. The Morgan fingerprint density at radius 3 is 1.93 bits per heavy atom. The summed E-state index contributed by atoms with van der Waals surface area (Å²) in [6.45, 7) is 18.3. The van der Waals surface area contributed by atoms with Gasteiger partial charge in [0.2, 0.25) is 0 Å². The van der Waals surface area contributed by atoms with Crippen LogP contribution in [0, 0.1) is 20.8 Å². The molecule has 0 saturated heterocycles. The second-order valence-corrected chi connectivity index (χ2v) is 11.6. The molecule has 3 rings (SSSR count). The van der Waals surface area contributed by atoms with Crippen LogP contribution in [-0.2, 0) is 23.1 Å². The van der Waals surface area contributed by atoms with E-state index >= 15 is 0 Å². The van der Waals surface area contributed by atoms with Gasteiger partial charge in [-0.15, -0.1) is 24.8 Å². The summed E-state index contributed by atoms with van der Waals surface area (Å²) in [4.78, 5) is 0. The van der Waals surface area contributed by atoms with Crippen LogP contribution in [0.4, 0.5) is 5.69 Å². The fraction of sp³-hybridized carbons (Fsp3) is 0.385. The maximum atomic E-state index is 3.89. The molecule has 0 unspecified atom stereocenters. The van der Waals surface area contributed by atoms with Crippen LogP contribution in [0.2, 0.25) is 0 Å². The Morgan fingerprint density at radius 2 is 1.40 bits per heavy atom. The van der Waals surface area contributed by atoms with Gasteiger partial charge in [0.15, 0.2) is 0 Å². The van der Waals surface area contributed by atoms with Crippen molar-refractivity contribution in [1.29, 1.82) is 0 Å². The first-order valence-corrected chi connectivity index (χ1v) is 11.8. The van der Waals surface area contributed by atoms with Crippen molar-refractivity contribution in [2.45, 2.75) is 65.5 Å². The normalized spacial score (nSPS) is 13.7. The molecule has 4 heteroatoms. The summed E-state index contributed by atoms with van der Waals surface area (Å²) in [5.41, 5.74) is 14.3. The maximum Gasteiger partial charge on any atom is -0.147 e. The van der Waals surface area contributed by atoms with Gasteiger partial charge in [0.25, 0.3) is 0 Å². The minimum absolute atomic E-state index is 0. The van der Waals surface area contributed by atoms with Crippen LogP contribution in [0.1, 0.15) is 68.9 Å². The van der Waals surface area contributed by atoms with Crippen molar-refractivity contribution in [2.24, 2.45) is 0 Å². The van der Waals surface area contributed by atoms with Crippen LogP contribution < -0.4 is 3.80 Å². The van der Waals surface area contributed by atoms with Crippen LogP contribution in [0.25, 0.3) is 5.57 Å². The number of hydrogen-bond acceptors (Lipinski definition) is 1. The number of halogens is 2. The number of anilines is 1. The van der Waals surface area contributed by atoms with Gasteiger partial charge in [-0.2, -0.15) is 0 Å². The van der Waals surface area contributed by atoms with Gasteiger partial charge in [-0.3, -0.25) is 0 Å². The summed E-state index contributed by atoms with van der Waals surface area (Å²) < 4.78 is 4.04. The van der Waals surface area contributed by atoms with Gasteiger partial charge in [-0.25, -0.2) is 0 Å². The van der Waals surface area contributed by atoms with E-state index in [-0.39, 0.29) is 28.5 Å². The summed E-state index contributed by atoms with van der Waals surface area (Å²) in [6.07, 6.45) is 1.09. The molecule has 0 spiro atoms. The Balaban J connectivity index is 0.00000225. The molecule has 0 aromatic heterocycles. The average Bonchev–Trinajstić information content (AvgIpc) is 2.88. The molecule has 0 heterocycles. The minimum Gasteiger partial charge on any atom is -0.147 e. The summed E-state index contributed by atoms with van der Waals surface area (Å²) in [5, 5.41) is 0. The van der Waals surface area contributed by atoms with Crippen molar-refractivity contribution in [2.75, 3.05) is 3.80 Å². The van der Waals surface area contributed by atoms with Crippen molar-refractivity contribution in [3.8, 4) is 0 Å². The van der Waals surface area contributed by atoms with E-state index in [4.69, 9.17) is 0 Å². The molecule has 2 aromatic rings. The van der Waals surface area contributed by atoms with Crippen molar-refractivity contribution in [1.82, 2.24) is 0 Å². The van der Waals surface area contributed by atoms with E-state index in [0.29, 0.717) is 0 Å². The van der Waals surface area contributed by atoms with E-state index in [2.05, 4.69) is 95.6 Å². The molecule has 1 nitrogen and oxygen atoms in total. The summed E-state index contributed by atoms with van der Waals surface area (Å²) >= 11 is -0.440. The van der Waals surface area contributed by atoms with Crippen LogP contribution in [0.3, 0.4) is 0 Å². The first kappa shape index (κ1) is 27.0. The molecule has 0 saturated carbocycles. The smallest absolute Gasteiger partial charge is 0.147 e. The third-order valence-corrected chi connectivity index (χ3v) is 8.18. The van der Waals surface area contributed by atoms with Crippen molar-refractivity contribution in [3.05, 3.63) is 80.9 Å². The molecule has 0 amide bonds. The zero-order valence-electron chi connectivity index (χ0n) is 19.5. The second-order valence-electron chi connectivity index (χ2n) is 8.88. The Labute approximate surface area is 204 Å². The molecule has 1 N–H and O–H groups in total. The molecule has 162 valence electrons. The molecular weight excluding hydrogens is 445 g/mol. The van der Waals surface area contributed by atoms with E-state index in [1.165, 1.54) is 55.8 Å². The molecule has 0 atom stereocenters. The van der Waals surface area contributed by atoms with Crippen molar-refractivity contribution >= 4 is 36.1 Å². The third kappa shape index (κ3) is 5.43. The van der Waals surface area contributed by atoms with Gasteiger partial charge in [0.1, 0.15) is 0 Å². The largest absolute Gasteiger partial charge is 0.147 e. The fourth-order valence-corrected chi connectivity index (χ4v) is 6.18. The van der Waals surface area contributed by atoms with Crippen LogP contribution in [-0.4, -0.2) is 0 Å². The molecule has 30 heavy (non-hydrogen) atoms. The molecule has 0 bridgehead atoms. The summed E-state index contributed by atoms with van der Waals surface area (Å²) in [5.74, 6) is 0. The van der Waals surface area contributed by atoms with Gasteiger partial charge in [-0.1, -0.05) is 0 Å². The molecule has 1 aliphatic rings. The molecule has 0 radical (unpaired) electrons. The first-order chi connectivity index (χ1) is 13.1. The Bertz CT molecular complexity index is 963. The second kappa shape index (κ2) is 10.6. The van der Waals surface area contributed by atoms with Crippen molar-refractivity contribution < 1.29 is 19.4 Å². The molecule has 0 aliphatic heterocycles. The van der Waals surface area contributed by atoms with Crippen LogP contribution in [0.5, 0.6) is 0 Å². The molecule has 0 fully saturated rings. The zero-order chi connectivity index (χ0) is 20.6. The van der Waals surface area contributed by atoms with E-state index in [1.54, 1.807) is 0 Å². The topological polar surface area (TPSA) is 12.0 Å². The zero-order valence-corrected chi connectivity index (χ0v) is 22.7. The fourth-order valence-electron chi connectivity index (χ4n) is 4.33. The van der Waals surface area contributed by atoms with Gasteiger partial charge in [0.05, 0.1) is 0 Å². The van der Waals surface area contributed by atoms with E-state index in [1.807, 2.05) is 0 Å². The van der Waals surface area contributed by atoms with Crippen LogP contribution in [0.15, 0.2) is 53.1 Å². The Morgan fingerprint density at radius 1 is 0.833 bits per heavy atom. The molecular formula is C26H35Cl2NTi. The average molecular weight is 480 g/mol. The van der Waals surface area contributed by atoms with E-state index in [0.717, 1.165) is 6.42 Å². The monoisotopic (exact) mass is 479 g/mol. The maximum absolute atomic E-state index is 3.89. The predicted octanol–water partition coefficient (Wildman–Crippen LogP) is 8.31. The minimum atomic E-state index is -0.440. The number of allylic oxidation sites excluding steroid dienone is 4. The number of aryl methyl sites for hydroxylation is 3. The van der Waals surface area contributed by atoms with Gasteiger partial charge in [-0.05, 0) is 0 Å². The summed E-state index contributed by atoms with van der Waals surface area (Å²) in [7, 11) is 0. The van der Waals surface area contributed by atoms with Crippen LogP contribution >= 0.6 is 24.8 Å². The molecule has 2 aromatic carbocycles.